The summed E-state index contributed by atoms with van der Waals surface area (Å²) in [6, 6.07) is 5.16. The number of nitrogen functional groups attached to an aromatic ring is 1. The Morgan fingerprint density at radius 1 is 1.33 bits per heavy atom. The summed E-state index contributed by atoms with van der Waals surface area (Å²) in [5.74, 6) is 0.756. The molecule has 21 heavy (non-hydrogen) atoms. The van der Waals surface area contributed by atoms with Crippen molar-refractivity contribution in [2.45, 2.75) is 11.3 Å². The Morgan fingerprint density at radius 3 is 2.71 bits per heavy atom. The van der Waals surface area contributed by atoms with Crippen LogP contribution in [0, 0.1) is 0 Å². The second-order valence-electron chi connectivity index (χ2n) is 4.84. The Labute approximate surface area is 126 Å². The van der Waals surface area contributed by atoms with Crippen molar-refractivity contribution >= 4 is 37.3 Å². The van der Waals surface area contributed by atoms with Crippen molar-refractivity contribution in [3.63, 3.8) is 0 Å². The first kappa shape index (κ1) is 14.0. The van der Waals surface area contributed by atoms with Crippen molar-refractivity contribution in [1.82, 2.24) is 14.5 Å². The van der Waals surface area contributed by atoms with E-state index in [1.165, 1.54) is 17.6 Å². The highest BCUT2D eigenvalue weighted by molar-refractivity contribution is 7.91. The van der Waals surface area contributed by atoms with Gasteiger partial charge < -0.3 is 10.3 Å². The lowest BCUT2D eigenvalue weighted by Gasteiger charge is -2.01. The van der Waals surface area contributed by atoms with Crippen LogP contribution in [0.5, 0.6) is 0 Å². The first-order valence-corrected chi connectivity index (χ1v) is 8.97. The van der Waals surface area contributed by atoms with Gasteiger partial charge in [0, 0.05) is 25.1 Å². The number of hydrogen-bond acceptors (Lipinski definition) is 6. The number of nitrogens with zero attached hydrogens (tertiary/aromatic N) is 3. The molecule has 110 valence electrons. The highest BCUT2D eigenvalue weighted by Gasteiger charge is 2.17. The van der Waals surface area contributed by atoms with E-state index in [0.29, 0.717) is 17.1 Å². The van der Waals surface area contributed by atoms with Crippen molar-refractivity contribution in [3.05, 3.63) is 35.1 Å². The van der Waals surface area contributed by atoms with Gasteiger partial charge in [-0.15, -0.1) is 11.3 Å². The van der Waals surface area contributed by atoms with E-state index in [0.717, 1.165) is 17.0 Å². The predicted octanol–water partition coefficient (Wildman–Crippen LogP) is 1.61. The molecule has 3 rings (SSSR count). The zero-order chi connectivity index (χ0) is 15.2. The lowest BCUT2D eigenvalue weighted by molar-refractivity contribution is 0.602. The van der Waals surface area contributed by atoms with Gasteiger partial charge in [0.15, 0.2) is 15.0 Å². The highest BCUT2D eigenvalue weighted by Crippen LogP contribution is 2.24. The van der Waals surface area contributed by atoms with Gasteiger partial charge in [-0.1, -0.05) is 6.07 Å². The molecule has 0 amide bonds. The molecule has 0 atom stereocenters. The van der Waals surface area contributed by atoms with E-state index < -0.39 is 9.84 Å². The standard InChI is InChI=1S/C13H14N4O2S2/c1-17-9-4-3-5-10(21(2,18)19)12(9)16-11(17)6-8-7-20-13(14)15-8/h3-5,7H,6H2,1-2H3,(H2,14,15). The number of rotatable bonds is 3. The molecule has 0 bridgehead atoms. The normalized spacial score (nSPS) is 12.1. The monoisotopic (exact) mass is 322 g/mol. The van der Waals surface area contributed by atoms with Gasteiger partial charge in [0.2, 0.25) is 0 Å². The fraction of sp³-hybridized carbons (Fsp3) is 0.231. The van der Waals surface area contributed by atoms with E-state index in [1.807, 2.05) is 23.1 Å². The van der Waals surface area contributed by atoms with Gasteiger partial charge in [-0.25, -0.2) is 18.4 Å². The third-order valence-electron chi connectivity index (χ3n) is 3.28. The maximum absolute atomic E-state index is 11.9. The van der Waals surface area contributed by atoms with E-state index in [4.69, 9.17) is 5.73 Å². The minimum absolute atomic E-state index is 0.250. The number of benzene rings is 1. The molecule has 0 aliphatic carbocycles. The van der Waals surface area contributed by atoms with Crippen molar-refractivity contribution in [2.24, 2.45) is 7.05 Å². The number of nitrogens with two attached hydrogens (primary N) is 1. The highest BCUT2D eigenvalue weighted by atomic mass is 32.2. The van der Waals surface area contributed by atoms with Crippen LogP contribution >= 0.6 is 11.3 Å². The van der Waals surface area contributed by atoms with Crippen LogP contribution in [0.15, 0.2) is 28.5 Å². The third-order valence-corrected chi connectivity index (χ3v) is 5.13. The molecular weight excluding hydrogens is 308 g/mol. The molecule has 2 N–H and O–H groups in total. The van der Waals surface area contributed by atoms with Crippen molar-refractivity contribution in [2.75, 3.05) is 12.0 Å². The second-order valence-corrected chi connectivity index (χ2v) is 7.71. The SMILES string of the molecule is Cn1c(Cc2csc(N)n2)nc2c(S(C)(=O)=O)cccc21. The second kappa shape index (κ2) is 4.81. The molecule has 8 heteroatoms. The summed E-state index contributed by atoms with van der Waals surface area (Å²) in [4.78, 5) is 8.95. The average molecular weight is 322 g/mol. The van der Waals surface area contributed by atoms with Crippen LogP contribution in [0.25, 0.3) is 11.0 Å². The Balaban J connectivity index is 2.15. The number of fused-ring (bicyclic) bond motifs is 1. The van der Waals surface area contributed by atoms with Crippen LogP contribution in [0.1, 0.15) is 11.5 Å². The number of aromatic nitrogens is 3. The molecule has 2 aromatic heterocycles. The number of para-hydroxylation sites is 1. The Bertz CT molecular complexity index is 925. The zero-order valence-corrected chi connectivity index (χ0v) is 13.2. The number of aryl methyl sites for hydroxylation is 1. The smallest absolute Gasteiger partial charge is 0.180 e. The maximum Gasteiger partial charge on any atom is 0.180 e. The fourth-order valence-electron chi connectivity index (χ4n) is 2.26. The topological polar surface area (TPSA) is 90.9 Å². The van der Waals surface area contributed by atoms with Crippen molar-refractivity contribution in [3.8, 4) is 0 Å². The molecule has 0 saturated carbocycles. The van der Waals surface area contributed by atoms with Crippen LogP contribution in [0.4, 0.5) is 5.13 Å². The largest absolute Gasteiger partial charge is 0.375 e. The summed E-state index contributed by atoms with van der Waals surface area (Å²) in [5.41, 5.74) is 7.75. The van der Waals surface area contributed by atoms with Gasteiger partial charge in [-0.05, 0) is 12.1 Å². The van der Waals surface area contributed by atoms with Crippen LogP contribution in [-0.4, -0.2) is 29.2 Å². The van der Waals surface area contributed by atoms with Crippen LogP contribution in [0.3, 0.4) is 0 Å². The third kappa shape index (κ3) is 2.52. The van der Waals surface area contributed by atoms with E-state index in [2.05, 4.69) is 9.97 Å². The Morgan fingerprint density at radius 2 is 2.10 bits per heavy atom. The van der Waals surface area contributed by atoms with Crippen molar-refractivity contribution < 1.29 is 8.42 Å². The van der Waals surface area contributed by atoms with E-state index >= 15 is 0 Å². The summed E-state index contributed by atoms with van der Waals surface area (Å²) >= 11 is 1.38. The van der Waals surface area contributed by atoms with Gasteiger partial charge in [-0.2, -0.15) is 0 Å². The van der Waals surface area contributed by atoms with Gasteiger partial charge in [0.05, 0.1) is 16.1 Å². The molecule has 0 aliphatic rings. The van der Waals surface area contributed by atoms with Crippen molar-refractivity contribution in [1.29, 1.82) is 0 Å². The molecule has 0 aliphatic heterocycles. The number of anilines is 1. The minimum atomic E-state index is -3.31. The molecular formula is C13H14N4O2S2. The van der Waals surface area contributed by atoms with E-state index in [-0.39, 0.29) is 4.90 Å². The summed E-state index contributed by atoms with van der Waals surface area (Å²) in [6.07, 6.45) is 1.71. The Hall–Kier alpha value is -1.93. The molecule has 0 unspecified atom stereocenters. The molecule has 0 radical (unpaired) electrons. The quantitative estimate of drug-likeness (QED) is 0.791. The Kier molecular flexibility index (Phi) is 3.22. The fourth-order valence-corrected chi connectivity index (χ4v) is 3.65. The van der Waals surface area contributed by atoms with Gasteiger partial charge >= 0.3 is 0 Å². The van der Waals surface area contributed by atoms with Crippen LogP contribution in [-0.2, 0) is 23.3 Å². The molecule has 0 spiro atoms. The maximum atomic E-state index is 11.9. The predicted molar refractivity (Wildman–Crippen MR) is 83.2 cm³/mol. The van der Waals surface area contributed by atoms with Gasteiger partial charge in [0.1, 0.15) is 11.3 Å². The van der Waals surface area contributed by atoms with Gasteiger partial charge in [0.25, 0.3) is 0 Å². The average Bonchev–Trinajstić information content (AvgIpc) is 2.94. The van der Waals surface area contributed by atoms with E-state index in [9.17, 15) is 8.42 Å². The molecule has 0 fully saturated rings. The van der Waals surface area contributed by atoms with E-state index in [1.54, 1.807) is 12.1 Å². The van der Waals surface area contributed by atoms with Gasteiger partial charge in [-0.3, -0.25) is 0 Å². The number of hydrogen-bond donors (Lipinski definition) is 1. The summed E-state index contributed by atoms with van der Waals surface area (Å²) in [5, 5.41) is 2.40. The molecule has 2 heterocycles. The lowest BCUT2D eigenvalue weighted by atomic mass is 10.3. The first-order chi connectivity index (χ1) is 9.86. The minimum Gasteiger partial charge on any atom is -0.375 e. The zero-order valence-electron chi connectivity index (χ0n) is 11.6. The lowest BCUT2D eigenvalue weighted by Crippen LogP contribution is -1.99. The summed E-state index contributed by atoms with van der Waals surface area (Å²) in [7, 11) is -1.44. The molecule has 0 saturated heterocycles. The molecule has 6 nitrogen and oxygen atoms in total. The van der Waals surface area contributed by atoms with Crippen LogP contribution in [0.2, 0.25) is 0 Å². The number of imidazole rings is 1. The number of thiazole rings is 1. The summed E-state index contributed by atoms with van der Waals surface area (Å²) < 4.78 is 25.6. The summed E-state index contributed by atoms with van der Waals surface area (Å²) in [6.45, 7) is 0. The first-order valence-electron chi connectivity index (χ1n) is 6.20. The number of sulfone groups is 1. The molecule has 3 aromatic rings. The van der Waals surface area contributed by atoms with Crippen LogP contribution < -0.4 is 5.73 Å². The molecule has 1 aromatic carbocycles.